The van der Waals surface area contributed by atoms with Crippen LogP contribution in [0.15, 0.2) is 41.3 Å². The molecule has 2 aromatic rings. The number of alkyl halides is 3. The van der Waals surface area contributed by atoms with E-state index < -0.39 is 22.2 Å². The Balaban J connectivity index is 0.000000532. The zero-order chi connectivity index (χ0) is 28.8. The first-order valence-electron chi connectivity index (χ1n) is 12.2. The molecule has 0 aliphatic carbocycles. The number of hydrogen-bond donors (Lipinski definition) is 3. The molecule has 0 aromatic heterocycles. The molecule has 1 amide bonds. The number of nitrogens with one attached hydrogen (secondary N) is 2. The number of amides is 1. The lowest BCUT2D eigenvalue weighted by Gasteiger charge is -2.32. The number of aliphatic carboxylic acids is 1. The van der Waals surface area contributed by atoms with Crippen LogP contribution >= 0.6 is 0 Å². The summed E-state index contributed by atoms with van der Waals surface area (Å²) in [5.41, 5.74) is 3.21. The predicted octanol–water partition coefficient (Wildman–Crippen LogP) is 2.62. The van der Waals surface area contributed by atoms with Crippen LogP contribution in [0.1, 0.15) is 21.5 Å². The summed E-state index contributed by atoms with van der Waals surface area (Å²) in [5.74, 6) is -2.88. The fraction of sp³-hybridized carbons (Fsp3) is 0.440. The first kappa shape index (κ1) is 30.2. The summed E-state index contributed by atoms with van der Waals surface area (Å²) >= 11 is 0. The molecule has 2 heterocycles. The van der Waals surface area contributed by atoms with E-state index in [0.717, 1.165) is 37.4 Å². The number of nitrogens with zero attached hydrogens (tertiary/aromatic N) is 2. The second-order valence-electron chi connectivity index (χ2n) is 9.05. The van der Waals surface area contributed by atoms with Crippen LogP contribution in [0, 0.1) is 13.8 Å². The molecule has 14 heteroatoms. The maximum absolute atomic E-state index is 13.3. The summed E-state index contributed by atoms with van der Waals surface area (Å²) in [5, 5.41) is 10.4. The monoisotopic (exact) mass is 572 g/mol. The van der Waals surface area contributed by atoms with Gasteiger partial charge in [-0.2, -0.15) is 13.2 Å². The number of sulfonamides is 1. The fourth-order valence-corrected chi connectivity index (χ4v) is 5.47. The van der Waals surface area contributed by atoms with Gasteiger partial charge in [0, 0.05) is 44.8 Å². The molecule has 3 N–H and O–H groups in total. The highest BCUT2D eigenvalue weighted by Gasteiger charge is 2.38. The van der Waals surface area contributed by atoms with E-state index in [1.807, 2.05) is 19.1 Å². The number of halogens is 3. The zero-order valence-corrected chi connectivity index (χ0v) is 22.4. The third kappa shape index (κ3) is 8.07. The van der Waals surface area contributed by atoms with Gasteiger partial charge in [0.1, 0.15) is 0 Å². The summed E-state index contributed by atoms with van der Waals surface area (Å²) in [7, 11) is -3.83. The molecule has 2 saturated heterocycles. The molecular weight excluding hydrogens is 541 g/mol. The number of carboxylic acid groups (broad SMARTS) is 1. The molecule has 0 radical (unpaired) electrons. The van der Waals surface area contributed by atoms with Crippen molar-refractivity contribution in [2.24, 2.45) is 0 Å². The Bertz CT molecular complexity index is 1290. The molecule has 39 heavy (non-hydrogen) atoms. The van der Waals surface area contributed by atoms with E-state index in [-0.39, 0.29) is 10.8 Å². The first-order chi connectivity index (χ1) is 18.3. The van der Waals surface area contributed by atoms with Crippen LogP contribution in [0.5, 0.6) is 0 Å². The van der Waals surface area contributed by atoms with Crippen LogP contribution in [-0.4, -0.2) is 89.0 Å². The third-order valence-corrected chi connectivity index (χ3v) is 7.63. The number of carbonyl (C=O) groups is 2. The van der Waals surface area contributed by atoms with Gasteiger partial charge in [0.05, 0.1) is 29.5 Å². The van der Waals surface area contributed by atoms with Crippen molar-refractivity contribution in [2.45, 2.75) is 24.9 Å². The van der Waals surface area contributed by atoms with Gasteiger partial charge in [-0.1, -0.05) is 12.1 Å². The minimum absolute atomic E-state index is 0.118. The summed E-state index contributed by atoms with van der Waals surface area (Å²) in [6.45, 7) is 8.88. The van der Waals surface area contributed by atoms with Gasteiger partial charge in [-0.15, -0.1) is 0 Å². The Labute approximate surface area is 224 Å². The van der Waals surface area contributed by atoms with Crippen molar-refractivity contribution in [3.05, 3.63) is 53.1 Å². The Hall–Kier alpha value is -3.36. The van der Waals surface area contributed by atoms with Crippen LogP contribution in [-0.2, 0) is 19.6 Å². The number of ether oxygens (including phenoxy) is 1. The quantitative estimate of drug-likeness (QED) is 0.499. The lowest BCUT2D eigenvalue weighted by Crippen LogP contribution is -2.44. The number of anilines is 2. The van der Waals surface area contributed by atoms with Crippen molar-refractivity contribution in [3.8, 4) is 0 Å². The number of rotatable bonds is 5. The molecule has 2 aromatic carbocycles. The lowest BCUT2D eigenvalue weighted by atomic mass is 10.1. The van der Waals surface area contributed by atoms with Crippen molar-refractivity contribution >= 4 is 33.3 Å². The molecule has 4 rings (SSSR count). The average Bonchev–Trinajstić information content (AvgIpc) is 2.90. The molecule has 0 spiro atoms. The van der Waals surface area contributed by atoms with Crippen molar-refractivity contribution in [2.75, 3.05) is 62.1 Å². The molecule has 0 bridgehead atoms. The molecular formula is C25H31F3N4O6S. The average molecular weight is 573 g/mol. The number of aryl methyl sites for hydroxylation is 2. The standard InChI is InChI=1S/C23H30N4O4S.C2HF3O2/c1-17-3-4-18(2)22(15-17)32(29,30)25-20-16-19(23(28)27-11-13-31-14-12-27)5-6-21(20)26-9-7-24-8-10-26;3-2(4,5)1(6)7/h3-6,15-16,24-25H,7-14H2,1-2H3;(H,6,7). The Morgan fingerprint density at radius 1 is 1.00 bits per heavy atom. The number of morpholine rings is 1. The van der Waals surface area contributed by atoms with Crippen LogP contribution in [0.25, 0.3) is 0 Å². The SMILES string of the molecule is Cc1ccc(C)c(S(=O)(=O)Nc2cc(C(=O)N3CCOCC3)ccc2N2CCNCC2)c1.O=C(O)C(F)(F)F. The Kier molecular flexibility index (Phi) is 9.80. The van der Waals surface area contributed by atoms with Gasteiger partial charge in [-0.25, -0.2) is 13.2 Å². The molecule has 0 atom stereocenters. The van der Waals surface area contributed by atoms with Crippen molar-refractivity contribution in [1.82, 2.24) is 10.2 Å². The van der Waals surface area contributed by atoms with Crippen molar-refractivity contribution in [1.29, 1.82) is 0 Å². The molecule has 10 nitrogen and oxygen atoms in total. The van der Waals surface area contributed by atoms with E-state index >= 15 is 0 Å². The minimum atomic E-state index is -5.08. The molecule has 2 fully saturated rings. The molecule has 0 unspecified atom stereocenters. The van der Waals surface area contributed by atoms with Crippen LogP contribution < -0.4 is 14.9 Å². The maximum Gasteiger partial charge on any atom is 0.490 e. The van der Waals surface area contributed by atoms with Gasteiger partial charge in [0.15, 0.2) is 0 Å². The van der Waals surface area contributed by atoms with Gasteiger partial charge in [-0.3, -0.25) is 9.52 Å². The summed E-state index contributed by atoms with van der Waals surface area (Å²) in [6.07, 6.45) is -5.08. The van der Waals surface area contributed by atoms with E-state index in [0.29, 0.717) is 43.1 Å². The Morgan fingerprint density at radius 3 is 2.21 bits per heavy atom. The van der Waals surface area contributed by atoms with E-state index in [4.69, 9.17) is 14.6 Å². The second-order valence-corrected chi connectivity index (χ2v) is 10.7. The topological polar surface area (TPSA) is 128 Å². The minimum Gasteiger partial charge on any atom is -0.475 e. The number of piperazine rings is 1. The van der Waals surface area contributed by atoms with Gasteiger partial charge in [0.2, 0.25) is 0 Å². The van der Waals surface area contributed by atoms with Gasteiger partial charge in [0.25, 0.3) is 15.9 Å². The van der Waals surface area contributed by atoms with Gasteiger partial charge < -0.3 is 25.0 Å². The van der Waals surface area contributed by atoms with Crippen molar-refractivity contribution in [3.63, 3.8) is 0 Å². The Morgan fingerprint density at radius 2 is 1.62 bits per heavy atom. The largest absolute Gasteiger partial charge is 0.490 e. The predicted molar refractivity (Wildman–Crippen MR) is 139 cm³/mol. The normalized spacial score (nSPS) is 16.2. The number of carbonyl (C=O) groups excluding carboxylic acids is 1. The van der Waals surface area contributed by atoms with E-state index in [2.05, 4.69) is 14.9 Å². The van der Waals surface area contributed by atoms with Crippen molar-refractivity contribution < 1.29 is 41.0 Å². The fourth-order valence-electron chi connectivity index (χ4n) is 4.08. The van der Waals surface area contributed by atoms with Gasteiger partial charge >= 0.3 is 12.1 Å². The molecule has 2 aliphatic heterocycles. The molecule has 214 valence electrons. The number of benzene rings is 2. The lowest BCUT2D eigenvalue weighted by molar-refractivity contribution is -0.192. The highest BCUT2D eigenvalue weighted by atomic mass is 32.2. The molecule has 2 aliphatic rings. The summed E-state index contributed by atoms with van der Waals surface area (Å²) < 4.78 is 66.5. The highest BCUT2D eigenvalue weighted by molar-refractivity contribution is 7.92. The highest BCUT2D eigenvalue weighted by Crippen LogP contribution is 2.31. The number of hydrogen-bond acceptors (Lipinski definition) is 7. The van der Waals surface area contributed by atoms with Crippen LogP contribution in [0.2, 0.25) is 0 Å². The van der Waals surface area contributed by atoms with E-state index in [1.165, 1.54) is 0 Å². The second kappa shape index (κ2) is 12.7. The zero-order valence-electron chi connectivity index (χ0n) is 21.5. The van der Waals surface area contributed by atoms with Gasteiger partial charge in [-0.05, 0) is 49.2 Å². The van der Waals surface area contributed by atoms with Crippen LogP contribution in [0.4, 0.5) is 24.5 Å². The van der Waals surface area contributed by atoms with Crippen LogP contribution in [0.3, 0.4) is 0 Å². The summed E-state index contributed by atoms with van der Waals surface area (Å²) in [4.78, 5) is 26.1. The van der Waals surface area contributed by atoms with E-state index in [9.17, 15) is 26.4 Å². The number of carboxylic acids is 1. The summed E-state index contributed by atoms with van der Waals surface area (Å²) in [6, 6.07) is 10.7. The third-order valence-electron chi connectivity index (χ3n) is 6.12. The van der Waals surface area contributed by atoms with E-state index in [1.54, 1.807) is 36.1 Å². The molecule has 0 saturated carbocycles. The smallest absolute Gasteiger partial charge is 0.475 e. The first-order valence-corrected chi connectivity index (χ1v) is 13.6. The maximum atomic E-state index is 13.3.